The van der Waals surface area contributed by atoms with Crippen LogP contribution in [0.15, 0.2) is 71.7 Å². The van der Waals surface area contributed by atoms with E-state index in [9.17, 15) is 9.18 Å². The molecule has 0 aliphatic heterocycles. The number of amides is 1. The number of amidine groups is 1. The van der Waals surface area contributed by atoms with Crippen molar-refractivity contribution in [1.82, 2.24) is 0 Å². The predicted molar refractivity (Wildman–Crippen MR) is 121 cm³/mol. The van der Waals surface area contributed by atoms with Crippen LogP contribution in [0.1, 0.15) is 22.3 Å². The number of aliphatic imine (C=N–C) groups is 1. The van der Waals surface area contributed by atoms with E-state index < -0.39 is 0 Å². The Kier molecular flexibility index (Phi) is 6.51. The Balaban J connectivity index is 1.79. The Hall–Kier alpha value is -4.33. The van der Waals surface area contributed by atoms with Gasteiger partial charge in [0.2, 0.25) is 11.6 Å². The van der Waals surface area contributed by atoms with Crippen molar-refractivity contribution in [3.05, 3.63) is 94.8 Å². The number of anilines is 2. The van der Waals surface area contributed by atoms with Crippen molar-refractivity contribution in [3.8, 4) is 0 Å². The third kappa shape index (κ3) is 5.39. The van der Waals surface area contributed by atoms with Gasteiger partial charge in [0.25, 0.3) is 0 Å². The molecular weight excluding hydrogens is 395 g/mol. The summed E-state index contributed by atoms with van der Waals surface area (Å²) in [6.07, 6.45) is 0.973. The highest BCUT2D eigenvalue weighted by Gasteiger charge is 2.16. The largest absolute Gasteiger partial charge is 0.398 e. The van der Waals surface area contributed by atoms with Crippen LogP contribution in [0.4, 0.5) is 15.8 Å². The molecule has 156 valence electrons. The molecule has 7 nitrogen and oxygen atoms in total. The Labute approximate surface area is 178 Å². The lowest BCUT2D eigenvalue weighted by Crippen LogP contribution is -2.41. The highest BCUT2D eigenvalue weighted by molar-refractivity contribution is 6.14. The van der Waals surface area contributed by atoms with Gasteiger partial charge >= 0.3 is 0 Å². The van der Waals surface area contributed by atoms with Crippen LogP contribution in [0.25, 0.3) is 0 Å². The first kappa shape index (κ1) is 21.4. The van der Waals surface area contributed by atoms with Gasteiger partial charge in [-0.05, 0) is 54.1 Å². The smallest absolute Gasteiger partial charge is 0.228 e. The van der Waals surface area contributed by atoms with Crippen LogP contribution < -0.4 is 22.2 Å². The van der Waals surface area contributed by atoms with Crippen LogP contribution in [0.5, 0.6) is 0 Å². The first-order valence-corrected chi connectivity index (χ1v) is 9.37. The maximum absolute atomic E-state index is 13.0. The van der Waals surface area contributed by atoms with Crippen LogP contribution in [-0.2, 0) is 11.2 Å². The van der Waals surface area contributed by atoms with Crippen molar-refractivity contribution in [2.75, 3.05) is 11.1 Å². The van der Waals surface area contributed by atoms with Gasteiger partial charge in [0, 0.05) is 22.5 Å². The maximum atomic E-state index is 13.0. The number of benzene rings is 3. The van der Waals surface area contributed by atoms with Crippen LogP contribution >= 0.6 is 0 Å². The second-order valence-electron chi connectivity index (χ2n) is 6.79. The number of rotatable bonds is 7. The minimum Gasteiger partial charge on any atom is -0.398 e. The van der Waals surface area contributed by atoms with Crippen LogP contribution in [0.2, 0.25) is 0 Å². The van der Waals surface area contributed by atoms with Crippen molar-refractivity contribution < 1.29 is 14.6 Å². The SMILES string of the molecule is N=CN=C(N)c1ccc(N)c(C(=[NH2+])c2cccc(NC(=O)Cc3ccc(F)cc3)c2)c1. The Bertz CT molecular complexity index is 1170. The van der Waals surface area contributed by atoms with Crippen molar-refractivity contribution in [1.29, 1.82) is 5.41 Å². The number of nitrogens with two attached hydrogens (primary N) is 3. The number of nitrogens with one attached hydrogen (secondary N) is 2. The molecule has 3 aromatic carbocycles. The summed E-state index contributed by atoms with van der Waals surface area (Å²) in [5.74, 6) is -0.414. The number of nitrogens with zero attached hydrogens (tertiary/aromatic N) is 1. The van der Waals surface area contributed by atoms with E-state index in [1.54, 1.807) is 54.6 Å². The molecule has 0 heterocycles. The van der Waals surface area contributed by atoms with Crippen molar-refractivity contribution in [2.45, 2.75) is 6.42 Å². The van der Waals surface area contributed by atoms with Gasteiger partial charge < -0.3 is 16.8 Å². The molecule has 0 atom stereocenters. The van der Waals surface area contributed by atoms with Crippen molar-refractivity contribution >= 4 is 35.2 Å². The lowest BCUT2D eigenvalue weighted by Gasteiger charge is -2.09. The quantitative estimate of drug-likeness (QED) is 0.226. The van der Waals surface area contributed by atoms with E-state index in [1.165, 1.54) is 12.1 Å². The molecule has 31 heavy (non-hydrogen) atoms. The molecule has 0 saturated heterocycles. The van der Waals surface area contributed by atoms with Crippen LogP contribution in [0.3, 0.4) is 0 Å². The van der Waals surface area contributed by atoms with Gasteiger partial charge in [0.05, 0.1) is 12.0 Å². The third-order valence-electron chi connectivity index (χ3n) is 4.58. The number of carbonyl (C=O) groups excluding carboxylic acids is 1. The first-order valence-electron chi connectivity index (χ1n) is 9.37. The minimum absolute atomic E-state index is 0.115. The zero-order valence-electron chi connectivity index (χ0n) is 16.6. The summed E-state index contributed by atoms with van der Waals surface area (Å²) in [5, 5.41) is 16.2. The maximum Gasteiger partial charge on any atom is 0.228 e. The second-order valence-corrected chi connectivity index (χ2v) is 6.79. The molecule has 0 unspecified atom stereocenters. The summed E-state index contributed by atoms with van der Waals surface area (Å²) >= 11 is 0. The number of hydrogen-bond donors (Lipinski definition) is 5. The highest BCUT2D eigenvalue weighted by Crippen LogP contribution is 2.20. The minimum atomic E-state index is -0.350. The molecule has 3 rings (SSSR count). The van der Waals surface area contributed by atoms with E-state index in [-0.39, 0.29) is 24.0 Å². The topological polar surface area (TPSA) is 143 Å². The van der Waals surface area contributed by atoms with E-state index in [0.29, 0.717) is 39.3 Å². The summed E-state index contributed by atoms with van der Waals surface area (Å²) in [4.78, 5) is 16.1. The molecule has 1 amide bonds. The molecule has 3 aromatic rings. The zero-order chi connectivity index (χ0) is 22.4. The molecule has 0 aliphatic rings. The summed E-state index contributed by atoms with van der Waals surface area (Å²) in [7, 11) is 0. The molecule has 0 spiro atoms. The summed E-state index contributed by atoms with van der Waals surface area (Å²) in [6, 6.07) is 17.9. The van der Waals surface area contributed by atoms with Gasteiger partial charge in [-0.15, -0.1) is 0 Å². The molecule has 0 fully saturated rings. The lowest BCUT2D eigenvalue weighted by molar-refractivity contribution is -0.115. The molecule has 8 N–H and O–H groups in total. The normalized spacial score (nSPS) is 11.1. The third-order valence-corrected chi connectivity index (χ3v) is 4.58. The monoisotopic (exact) mass is 417 g/mol. The van der Waals surface area contributed by atoms with Crippen molar-refractivity contribution in [2.24, 2.45) is 10.7 Å². The second kappa shape index (κ2) is 9.45. The fraction of sp³-hybridized carbons (Fsp3) is 0.0435. The fourth-order valence-corrected chi connectivity index (χ4v) is 3.01. The van der Waals surface area contributed by atoms with E-state index in [1.807, 2.05) is 0 Å². The molecule has 0 saturated carbocycles. The molecule has 8 heteroatoms. The molecule has 0 radical (unpaired) electrons. The summed E-state index contributed by atoms with van der Waals surface area (Å²) in [5.41, 5.74) is 15.9. The Morgan fingerprint density at radius 2 is 1.84 bits per heavy atom. The fourth-order valence-electron chi connectivity index (χ4n) is 3.01. The van der Waals surface area contributed by atoms with Gasteiger partial charge in [-0.1, -0.05) is 18.2 Å². The van der Waals surface area contributed by atoms with Crippen molar-refractivity contribution in [3.63, 3.8) is 0 Å². The van der Waals surface area contributed by atoms with Gasteiger partial charge in [0.1, 0.15) is 18.0 Å². The summed E-state index contributed by atoms with van der Waals surface area (Å²) < 4.78 is 13.0. The van der Waals surface area contributed by atoms with E-state index in [0.717, 1.165) is 6.34 Å². The number of halogens is 1. The lowest BCUT2D eigenvalue weighted by atomic mass is 9.98. The Morgan fingerprint density at radius 1 is 1.10 bits per heavy atom. The van der Waals surface area contributed by atoms with E-state index in [2.05, 4.69) is 10.3 Å². The van der Waals surface area contributed by atoms with Gasteiger partial charge in [0.15, 0.2) is 0 Å². The van der Waals surface area contributed by atoms with E-state index >= 15 is 0 Å². The Morgan fingerprint density at radius 3 is 2.55 bits per heavy atom. The average Bonchev–Trinajstić information content (AvgIpc) is 2.75. The van der Waals surface area contributed by atoms with Gasteiger partial charge in [-0.2, -0.15) is 0 Å². The first-order chi connectivity index (χ1) is 14.9. The van der Waals surface area contributed by atoms with E-state index in [4.69, 9.17) is 22.3 Å². The number of hydrogen-bond acceptors (Lipinski definition) is 3. The highest BCUT2D eigenvalue weighted by atomic mass is 19.1. The van der Waals surface area contributed by atoms with Gasteiger partial charge in [-0.3, -0.25) is 15.6 Å². The average molecular weight is 417 g/mol. The molecule has 0 aliphatic carbocycles. The predicted octanol–water partition coefficient (Wildman–Crippen LogP) is 1.50. The molecule has 0 bridgehead atoms. The zero-order valence-corrected chi connectivity index (χ0v) is 16.6. The number of carbonyl (C=O) groups is 1. The molecular formula is C23H22FN6O+. The van der Waals surface area contributed by atoms with Gasteiger partial charge in [-0.25, -0.2) is 9.38 Å². The molecule has 0 aromatic heterocycles. The van der Waals surface area contributed by atoms with Crippen LogP contribution in [0, 0.1) is 11.2 Å². The standard InChI is InChI=1S/C23H21FN6O/c24-17-7-4-14(5-8-17)10-21(31)30-18-3-1-2-15(11-18)22(27)19-12-16(6-9-20(19)26)23(28)29-13-25/h1-9,11-13,27H,10,26H2,(H,30,31)(H3,25,28,29)/p+1. The summed E-state index contributed by atoms with van der Waals surface area (Å²) in [6.45, 7) is 0. The van der Waals surface area contributed by atoms with Crippen LogP contribution in [-0.4, -0.2) is 23.8 Å². The number of nitrogen functional groups attached to an aromatic ring is 1.